The number of hydrogen-bond acceptors (Lipinski definition) is 6. The first-order valence-electron chi connectivity index (χ1n) is 12.3. The predicted molar refractivity (Wildman–Crippen MR) is 156 cm³/mol. The third-order valence-corrected chi connectivity index (χ3v) is 8.77. The summed E-state index contributed by atoms with van der Waals surface area (Å²) in [5.41, 5.74) is 0.515. The number of ether oxygens (including phenoxy) is 2. The van der Waals surface area contributed by atoms with Crippen molar-refractivity contribution in [3.63, 3.8) is 0 Å². The average Bonchev–Trinajstić information content (AvgIpc) is 2.96. The van der Waals surface area contributed by atoms with E-state index in [1.54, 1.807) is 55.5 Å². The van der Waals surface area contributed by atoms with Gasteiger partial charge in [0.05, 0.1) is 24.8 Å². The number of nitrogens with one attached hydrogen (secondary N) is 1. The first kappa shape index (κ1) is 31.1. The van der Waals surface area contributed by atoms with E-state index in [0.717, 1.165) is 4.31 Å². The third kappa shape index (κ3) is 6.80. The molecule has 3 aromatic rings. The van der Waals surface area contributed by atoms with Gasteiger partial charge in [-0.3, -0.25) is 13.9 Å². The van der Waals surface area contributed by atoms with Crippen LogP contribution in [-0.4, -0.2) is 59.0 Å². The largest absolute Gasteiger partial charge is 0.497 e. The van der Waals surface area contributed by atoms with Crippen LogP contribution < -0.4 is 19.1 Å². The fourth-order valence-corrected chi connectivity index (χ4v) is 6.12. The van der Waals surface area contributed by atoms with Crippen molar-refractivity contribution in [3.05, 3.63) is 82.3 Å². The number of anilines is 1. The zero-order valence-electron chi connectivity index (χ0n) is 22.6. The second-order valence-corrected chi connectivity index (χ2v) is 11.3. The van der Waals surface area contributed by atoms with Gasteiger partial charge in [0.1, 0.15) is 24.1 Å². The summed E-state index contributed by atoms with van der Waals surface area (Å²) in [6.45, 7) is 0.964. The minimum absolute atomic E-state index is 0.0355. The normalized spacial score (nSPS) is 11.8. The predicted octanol–water partition coefficient (Wildman–Crippen LogP) is 4.76. The van der Waals surface area contributed by atoms with Crippen LogP contribution in [0.4, 0.5) is 5.69 Å². The Bertz CT molecular complexity index is 1430. The van der Waals surface area contributed by atoms with Crippen LogP contribution in [0.25, 0.3) is 0 Å². The van der Waals surface area contributed by atoms with Crippen molar-refractivity contribution >= 4 is 50.7 Å². The van der Waals surface area contributed by atoms with Gasteiger partial charge < -0.3 is 19.7 Å². The lowest BCUT2D eigenvalue weighted by molar-refractivity contribution is -0.140. The first-order valence-corrected chi connectivity index (χ1v) is 14.5. The summed E-state index contributed by atoms with van der Waals surface area (Å²) in [5, 5.41) is 3.19. The molecular weight excluding hydrogens is 577 g/mol. The molecule has 0 aliphatic heterocycles. The monoisotopic (exact) mass is 607 g/mol. The number of carbonyl (C=O) groups excluding carboxylic acids is 2. The fraction of sp³-hybridized carbons (Fsp3) is 0.286. The molecule has 12 heteroatoms. The Labute approximate surface area is 244 Å². The quantitative estimate of drug-likeness (QED) is 0.318. The van der Waals surface area contributed by atoms with Gasteiger partial charge >= 0.3 is 0 Å². The Morgan fingerprint density at radius 3 is 2.15 bits per heavy atom. The number of rotatable bonds is 12. The van der Waals surface area contributed by atoms with E-state index in [1.165, 1.54) is 44.4 Å². The molecule has 0 aliphatic carbocycles. The fourth-order valence-electron chi connectivity index (χ4n) is 4.16. The number of sulfonamides is 1. The summed E-state index contributed by atoms with van der Waals surface area (Å²) in [6.07, 6.45) is 0.251. The molecule has 0 spiro atoms. The summed E-state index contributed by atoms with van der Waals surface area (Å²) in [6, 6.07) is 16.3. The van der Waals surface area contributed by atoms with E-state index in [2.05, 4.69) is 5.32 Å². The highest BCUT2D eigenvalue weighted by Gasteiger charge is 2.35. The molecule has 0 radical (unpaired) electrons. The lowest BCUT2D eigenvalue weighted by Crippen LogP contribution is -2.51. The summed E-state index contributed by atoms with van der Waals surface area (Å²) >= 11 is 12.8. The number of methoxy groups -OCH3 is 2. The first-order chi connectivity index (χ1) is 19.1. The van der Waals surface area contributed by atoms with E-state index < -0.39 is 34.4 Å². The molecule has 1 N–H and O–H groups in total. The molecule has 0 fully saturated rings. The van der Waals surface area contributed by atoms with Crippen LogP contribution in [0.15, 0.2) is 71.6 Å². The van der Waals surface area contributed by atoms with Gasteiger partial charge in [-0.25, -0.2) is 8.42 Å². The maximum Gasteiger partial charge on any atom is 0.264 e. The Morgan fingerprint density at radius 2 is 1.60 bits per heavy atom. The Hall–Kier alpha value is -3.47. The van der Waals surface area contributed by atoms with Crippen LogP contribution in [0, 0.1) is 0 Å². The van der Waals surface area contributed by atoms with Gasteiger partial charge in [0.25, 0.3) is 10.0 Å². The maximum atomic E-state index is 14.1. The third-order valence-electron chi connectivity index (χ3n) is 6.29. The summed E-state index contributed by atoms with van der Waals surface area (Å²) in [5.74, 6) is -0.522. The van der Waals surface area contributed by atoms with Crippen LogP contribution in [0.5, 0.6) is 11.5 Å². The highest BCUT2D eigenvalue weighted by Crippen LogP contribution is 2.36. The van der Waals surface area contributed by atoms with Crippen LogP contribution >= 0.6 is 23.2 Å². The summed E-state index contributed by atoms with van der Waals surface area (Å²) in [7, 11) is 0.00684. The molecule has 0 saturated carbocycles. The lowest BCUT2D eigenvalue weighted by atomic mass is 10.1. The van der Waals surface area contributed by atoms with Gasteiger partial charge in [-0.1, -0.05) is 54.4 Å². The van der Waals surface area contributed by atoms with E-state index in [-0.39, 0.29) is 29.3 Å². The Morgan fingerprint density at radius 1 is 0.950 bits per heavy atom. The molecule has 40 heavy (non-hydrogen) atoms. The number of amides is 2. The van der Waals surface area contributed by atoms with Gasteiger partial charge in [-0.05, 0) is 42.8 Å². The molecule has 2 amide bonds. The van der Waals surface area contributed by atoms with Crippen LogP contribution in [0.1, 0.15) is 18.9 Å². The van der Waals surface area contributed by atoms with Gasteiger partial charge in [0, 0.05) is 35.3 Å². The van der Waals surface area contributed by atoms with Crippen LogP contribution in [-0.2, 0) is 26.2 Å². The minimum Gasteiger partial charge on any atom is -0.497 e. The molecule has 0 aliphatic rings. The minimum atomic E-state index is -4.29. The van der Waals surface area contributed by atoms with Crippen molar-refractivity contribution in [1.82, 2.24) is 10.2 Å². The van der Waals surface area contributed by atoms with Gasteiger partial charge in [0.15, 0.2) is 0 Å². The molecule has 3 rings (SSSR count). The smallest absolute Gasteiger partial charge is 0.264 e. The van der Waals surface area contributed by atoms with Crippen LogP contribution in [0.3, 0.4) is 0 Å². The van der Waals surface area contributed by atoms with E-state index >= 15 is 0 Å². The van der Waals surface area contributed by atoms with E-state index in [9.17, 15) is 18.0 Å². The van der Waals surface area contributed by atoms with Crippen molar-refractivity contribution in [3.8, 4) is 11.5 Å². The second-order valence-electron chi connectivity index (χ2n) is 8.62. The van der Waals surface area contributed by atoms with Crippen LogP contribution in [0.2, 0.25) is 10.0 Å². The molecule has 3 aromatic carbocycles. The molecule has 1 atom stereocenters. The summed E-state index contributed by atoms with van der Waals surface area (Å²) in [4.78, 5) is 28.2. The standard InChI is InChI=1S/C28H31Cl2N3O6S/c1-5-24(28(35)31-2)32(17-21-22(29)12-9-13-23(21)30)27(34)18-33(40(36,37)20-10-7-6-8-11-20)25-16-19(38-3)14-15-26(25)39-4/h6-16,24H,5,17-18H2,1-4H3,(H,31,35)/t24-/m0/s1. The molecular formula is C28H31Cl2N3O6S. The molecule has 0 unspecified atom stereocenters. The zero-order valence-corrected chi connectivity index (χ0v) is 24.9. The van der Waals surface area contributed by atoms with Gasteiger partial charge in [0.2, 0.25) is 11.8 Å². The highest BCUT2D eigenvalue weighted by atomic mass is 35.5. The number of likely N-dealkylation sites (N-methyl/N-ethyl adjacent to an activating group) is 1. The molecule has 0 bridgehead atoms. The average molecular weight is 609 g/mol. The summed E-state index contributed by atoms with van der Waals surface area (Å²) < 4.78 is 39.7. The zero-order chi connectivity index (χ0) is 29.4. The molecule has 9 nitrogen and oxygen atoms in total. The second kappa shape index (κ2) is 13.7. The SMILES string of the molecule is CC[C@@H](C(=O)NC)N(Cc1c(Cl)cccc1Cl)C(=O)CN(c1cc(OC)ccc1OC)S(=O)(=O)c1ccccc1. The topological polar surface area (TPSA) is 105 Å². The van der Waals surface area contributed by atoms with Gasteiger partial charge in [-0.2, -0.15) is 0 Å². The number of benzene rings is 3. The number of halogens is 2. The Balaban J connectivity index is 2.17. The van der Waals surface area contributed by atoms with Crippen molar-refractivity contribution in [1.29, 1.82) is 0 Å². The molecule has 214 valence electrons. The van der Waals surface area contributed by atoms with Crippen molar-refractivity contribution in [2.24, 2.45) is 0 Å². The molecule has 0 saturated heterocycles. The number of hydrogen-bond donors (Lipinski definition) is 1. The molecule has 0 heterocycles. The maximum absolute atomic E-state index is 14.1. The number of carbonyl (C=O) groups is 2. The Kier molecular flexibility index (Phi) is 10.7. The number of nitrogens with zero attached hydrogens (tertiary/aromatic N) is 2. The van der Waals surface area contributed by atoms with E-state index in [1.807, 2.05) is 0 Å². The van der Waals surface area contributed by atoms with Crippen molar-refractivity contribution < 1.29 is 27.5 Å². The van der Waals surface area contributed by atoms with E-state index in [0.29, 0.717) is 21.4 Å². The highest BCUT2D eigenvalue weighted by molar-refractivity contribution is 7.92. The van der Waals surface area contributed by atoms with Crippen molar-refractivity contribution in [2.45, 2.75) is 30.8 Å². The van der Waals surface area contributed by atoms with Crippen molar-refractivity contribution in [2.75, 3.05) is 32.1 Å². The van der Waals surface area contributed by atoms with E-state index in [4.69, 9.17) is 32.7 Å². The molecule has 0 aromatic heterocycles. The lowest BCUT2D eigenvalue weighted by Gasteiger charge is -2.33. The van der Waals surface area contributed by atoms with Gasteiger partial charge in [-0.15, -0.1) is 0 Å².